The maximum atomic E-state index is 12.7. The fourth-order valence-corrected chi connectivity index (χ4v) is 4.39. The summed E-state index contributed by atoms with van der Waals surface area (Å²) in [5, 5.41) is 3.62. The van der Waals surface area contributed by atoms with Crippen LogP contribution in [0.1, 0.15) is 32.1 Å². The first-order valence-corrected chi connectivity index (χ1v) is 8.74. The van der Waals surface area contributed by atoms with Crippen LogP contribution in [0.4, 0.5) is 0 Å². The van der Waals surface area contributed by atoms with Crippen LogP contribution in [-0.2, 0) is 17.1 Å². The monoisotopic (exact) mass is 298 g/mol. The van der Waals surface area contributed by atoms with Crippen LogP contribution in [0.3, 0.4) is 0 Å². The fourth-order valence-electron chi connectivity index (χ4n) is 2.73. The van der Waals surface area contributed by atoms with E-state index >= 15 is 0 Å². The van der Waals surface area contributed by atoms with Crippen LogP contribution in [0.5, 0.6) is 0 Å². The van der Waals surface area contributed by atoms with Gasteiger partial charge in [-0.1, -0.05) is 6.42 Å². The Morgan fingerprint density at radius 1 is 1.35 bits per heavy atom. The molecular formula is C13H22N4O2S. The second-order valence-electron chi connectivity index (χ2n) is 5.83. The lowest BCUT2D eigenvalue weighted by Crippen LogP contribution is -2.48. The van der Waals surface area contributed by atoms with Crippen LogP contribution in [0.2, 0.25) is 0 Å². The largest absolute Gasteiger partial charge is 0.339 e. The van der Waals surface area contributed by atoms with Crippen molar-refractivity contribution >= 4 is 10.0 Å². The highest BCUT2D eigenvalue weighted by Gasteiger charge is 2.35. The summed E-state index contributed by atoms with van der Waals surface area (Å²) in [6.45, 7) is 1.37. The van der Waals surface area contributed by atoms with Crippen molar-refractivity contribution in [3.8, 4) is 0 Å². The molecule has 1 saturated carbocycles. The van der Waals surface area contributed by atoms with Gasteiger partial charge >= 0.3 is 0 Å². The van der Waals surface area contributed by atoms with Gasteiger partial charge in [0.25, 0.3) is 10.0 Å². The Hall–Kier alpha value is -0.920. The third-order valence-electron chi connectivity index (χ3n) is 4.05. The normalized spacial score (nSPS) is 24.9. The quantitative estimate of drug-likeness (QED) is 0.869. The third kappa shape index (κ3) is 2.89. The molecule has 2 heterocycles. The van der Waals surface area contributed by atoms with Gasteiger partial charge < -0.3 is 9.88 Å². The van der Waals surface area contributed by atoms with Crippen LogP contribution < -0.4 is 5.32 Å². The van der Waals surface area contributed by atoms with Crippen molar-refractivity contribution in [1.29, 1.82) is 0 Å². The summed E-state index contributed by atoms with van der Waals surface area (Å²) in [4.78, 5) is 4.02. The molecule has 20 heavy (non-hydrogen) atoms. The molecule has 0 aromatic carbocycles. The Morgan fingerprint density at radius 3 is 2.80 bits per heavy atom. The summed E-state index contributed by atoms with van der Waals surface area (Å²) < 4.78 is 28.7. The maximum Gasteiger partial charge on any atom is 0.262 e. The van der Waals surface area contributed by atoms with E-state index in [1.165, 1.54) is 19.2 Å². The molecule has 7 heteroatoms. The van der Waals surface area contributed by atoms with Crippen molar-refractivity contribution in [3.63, 3.8) is 0 Å². The average Bonchev–Trinajstić information content (AvgIpc) is 3.16. The third-order valence-corrected chi connectivity index (χ3v) is 5.88. The van der Waals surface area contributed by atoms with Crippen LogP contribution in [0.15, 0.2) is 17.6 Å². The molecule has 0 bridgehead atoms. The predicted molar refractivity (Wildman–Crippen MR) is 75.8 cm³/mol. The zero-order valence-corrected chi connectivity index (χ0v) is 12.6. The first kappa shape index (κ1) is 14.0. The second kappa shape index (κ2) is 5.46. The fraction of sp³-hybridized carbons (Fsp3) is 0.769. The van der Waals surface area contributed by atoms with E-state index in [2.05, 4.69) is 10.3 Å². The molecule has 0 spiro atoms. The molecule has 112 valence electrons. The molecule has 1 atom stereocenters. The Balaban J connectivity index is 1.77. The predicted octanol–water partition coefficient (Wildman–Crippen LogP) is 0.715. The van der Waals surface area contributed by atoms with Crippen LogP contribution in [0.25, 0.3) is 0 Å². The molecule has 1 N–H and O–H groups in total. The Labute approximate surface area is 120 Å². The molecule has 1 aliphatic carbocycles. The highest BCUT2D eigenvalue weighted by Crippen LogP contribution is 2.25. The number of hydrogen-bond donors (Lipinski definition) is 1. The van der Waals surface area contributed by atoms with Gasteiger partial charge in [0.05, 0.1) is 6.33 Å². The molecule has 2 fully saturated rings. The number of sulfonamides is 1. The topological polar surface area (TPSA) is 67.2 Å². The highest BCUT2D eigenvalue weighted by atomic mass is 32.2. The van der Waals surface area contributed by atoms with E-state index in [1.54, 1.807) is 22.1 Å². The molecule has 1 aliphatic heterocycles. The summed E-state index contributed by atoms with van der Waals surface area (Å²) >= 11 is 0. The van der Waals surface area contributed by atoms with Crippen LogP contribution in [-0.4, -0.2) is 47.4 Å². The number of rotatable bonds is 5. The van der Waals surface area contributed by atoms with E-state index in [9.17, 15) is 8.42 Å². The zero-order chi connectivity index (χ0) is 14.2. The number of nitrogens with zero attached hydrogens (tertiary/aromatic N) is 3. The Kier molecular flexibility index (Phi) is 3.83. The molecule has 1 saturated heterocycles. The standard InChI is InChI=1S/C13H22N4O2S/c1-16-9-13(15-10-16)20(18,19)17-7-3-2-4-12(17)8-14-11-5-6-11/h9-12,14H,2-8H2,1H3. The van der Waals surface area contributed by atoms with Gasteiger partial charge in [0.2, 0.25) is 0 Å². The van der Waals surface area contributed by atoms with Gasteiger partial charge in [-0.15, -0.1) is 0 Å². The lowest BCUT2D eigenvalue weighted by atomic mass is 10.1. The second-order valence-corrected chi connectivity index (χ2v) is 7.66. The average molecular weight is 298 g/mol. The first-order valence-electron chi connectivity index (χ1n) is 7.30. The van der Waals surface area contributed by atoms with E-state index in [-0.39, 0.29) is 11.1 Å². The number of aryl methyl sites for hydroxylation is 1. The van der Waals surface area contributed by atoms with Gasteiger partial charge in [-0.3, -0.25) is 0 Å². The molecule has 0 radical (unpaired) electrons. The van der Waals surface area contributed by atoms with Crippen molar-refractivity contribution in [2.75, 3.05) is 13.1 Å². The zero-order valence-electron chi connectivity index (χ0n) is 11.8. The molecule has 6 nitrogen and oxygen atoms in total. The molecule has 1 unspecified atom stereocenters. The van der Waals surface area contributed by atoms with Gasteiger partial charge in [0, 0.05) is 38.4 Å². The summed E-state index contributed by atoms with van der Waals surface area (Å²) in [7, 11) is -1.67. The van der Waals surface area contributed by atoms with E-state index in [0.29, 0.717) is 12.6 Å². The minimum absolute atomic E-state index is 0.0661. The summed E-state index contributed by atoms with van der Waals surface area (Å²) in [6.07, 6.45) is 8.53. The lowest BCUT2D eigenvalue weighted by molar-refractivity contribution is 0.244. The number of piperidine rings is 1. The number of hydrogen-bond acceptors (Lipinski definition) is 4. The van der Waals surface area contributed by atoms with Crippen LogP contribution in [0, 0.1) is 0 Å². The Morgan fingerprint density at radius 2 is 2.15 bits per heavy atom. The SMILES string of the molecule is Cn1cnc(S(=O)(=O)N2CCCCC2CNC2CC2)c1. The van der Waals surface area contributed by atoms with Crippen molar-refractivity contribution in [2.24, 2.45) is 7.05 Å². The van der Waals surface area contributed by atoms with E-state index in [0.717, 1.165) is 25.8 Å². The van der Waals surface area contributed by atoms with Gasteiger partial charge in [-0.2, -0.15) is 4.31 Å². The molecule has 2 aliphatic rings. The van der Waals surface area contributed by atoms with Gasteiger partial charge in [-0.05, 0) is 25.7 Å². The Bertz CT molecular complexity index is 565. The smallest absolute Gasteiger partial charge is 0.262 e. The summed E-state index contributed by atoms with van der Waals surface area (Å²) in [6, 6.07) is 0.674. The van der Waals surface area contributed by atoms with Gasteiger partial charge in [-0.25, -0.2) is 13.4 Å². The van der Waals surface area contributed by atoms with Crippen molar-refractivity contribution in [1.82, 2.24) is 19.2 Å². The maximum absolute atomic E-state index is 12.7. The molecular weight excluding hydrogens is 276 g/mol. The number of imidazole rings is 1. The minimum atomic E-state index is -3.46. The minimum Gasteiger partial charge on any atom is -0.339 e. The lowest BCUT2D eigenvalue weighted by Gasteiger charge is -2.34. The van der Waals surface area contributed by atoms with Crippen LogP contribution >= 0.6 is 0 Å². The van der Waals surface area contributed by atoms with E-state index in [1.807, 2.05) is 0 Å². The van der Waals surface area contributed by atoms with Gasteiger partial charge in [0.1, 0.15) is 0 Å². The molecule has 1 aromatic rings. The molecule has 3 rings (SSSR count). The van der Waals surface area contributed by atoms with Crippen molar-refractivity contribution < 1.29 is 8.42 Å². The summed E-state index contributed by atoms with van der Waals surface area (Å²) in [5.74, 6) is 0. The van der Waals surface area contributed by atoms with Crippen molar-refractivity contribution in [2.45, 2.75) is 49.2 Å². The van der Waals surface area contributed by atoms with E-state index < -0.39 is 10.0 Å². The molecule has 0 amide bonds. The van der Waals surface area contributed by atoms with Crippen molar-refractivity contribution in [3.05, 3.63) is 12.5 Å². The number of aromatic nitrogens is 2. The first-order chi connectivity index (χ1) is 9.57. The number of nitrogens with one attached hydrogen (secondary N) is 1. The van der Waals surface area contributed by atoms with Gasteiger partial charge in [0.15, 0.2) is 5.03 Å². The molecule has 1 aromatic heterocycles. The van der Waals surface area contributed by atoms with E-state index in [4.69, 9.17) is 0 Å². The summed E-state index contributed by atoms with van der Waals surface area (Å²) in [5.41, 5.74) is 0. The highest BCUT2D eigenvalue weighted by molar-refractivity contribution is 7.89.